The van der Waals surface area contributed by atoms with Crippen LogP contribution < -0.4 is 10.9 Å². The first-order valence-corrected chi connectivity index (χ1v) is 6.30. The number of nitrogens with zero attached hydrogens (tertiary/aromatic N) is 2. The van der Waals surface area contributed by atoms with Crippen LogP contribution in [0.4, 0.5) is 0 Å². The summed E-state index contributed by atoms with van der Waals surface area (Å²) in [5, 5.41) is 3.18. The maximum Gasteiger partial charge on any atom is 0.251 e. The van der Waals surface area contributed by atoms with Gasteiger partial charge < -0.3 is 14.8 Å². The Labute approximate surface area is 108 Å². The molecule has 1 saturated heterocycles. The van der Waals surface area contributed by atoms with Crippen LogP contribution in [0.1, 0.15) is 0 Å². The first-order chi connectivity index (χ1) is 8.16. The summed E-state index contributed by atoms with van der Waals surface area (Å²) >= 11 is 3.29. The highest BCUT2D eigenvalue weighted by molar-refractivity contribution is 9.10. The monoisotopic (exact) mass is 299 g/mol. The molecule has 6 heteroatoms. The van der Waals surface area contributed by atoms with E-state index in [-0.39, 0.29) is 18.0 Å². The molecule has 2 rings (SSSR count). The van der Waals surface area contributed by atoms with Crippen LogP contribution in [0.15, 0.2) is 27.6 Å². The summed E-state index contributed by atoms with van der Waals surface area (Å²) in [7, 11) is 0. The van der Waals surface area contributed by atoms with E-state index in [0.29, 0.717) is 13.1 Å². The van der Waals surface area contributed by atoms with Gasteiger partial charge in [-0.25, -0.2) is 0 Å². The van der Waals surface area contributed by atoms with Gasteiger partial charge in [0.25, 0.3) is 5.56 Å². The first-order valence-electron chi connectivity index (χ1n) is 5.51. The van der Waals surface area contributed by atoms with Crippen molar-refractivity contribution < 1.29 is 4.79 Å². The molecule has 0 radical (unpaired) electrons. The number of aromatic nitrogens is 1. The minimum Gasteiger partial charge on any atom is -0.339 e. The molecule has 0 saturated carbocycles. The molecule has 0 aliphatic carbocycles. The van der Waals surface area contributed by atoms with Gasteiger partial charge in [-0.15, -0.1) is 0 Å². The highest BCUT2D eigenvalue weighted by Gasteiger charge is 2.16. The Morgan fingerprint density at radius 1 is 1.35 bits per heavy atom. The number of pyridine rings is 1. The van der Waals surface area contributed by atoms with Crippen molar-refractivity contribution in [3.63, 3.8) is 0 Å². The molecule has 1 fully saturated rings. The van der Waals surface area contributed by atoms with Gasteiger partial charge >= 0.3 is 0 Å². The number of halogens is 1. The van der Waals surface area contributed by atoms with E-state index < -0.39 is 0 Å². The third-order valence-electron chi connectivity index (χ3n) is 2.72. The summed E-state index contributed by atoms with van der Waals surface area (Å²) in [5.41, 5.74) is -0.156. The molecule has 1 N–H and O–H groups in total. The van der Waals surface area contributed by atoms with Crippen LogP contribution in [-0.4, -0.2) is 41.6 Å². The van der Waals surface area contributed by atoms with Crippen molar-refractivity contribution in [2.45, 2.75) is 6.54 Å². The van der Waals surface area contributed by atoms with Crippen LogP contribution in [0, 0.1) is 0 Å². The number of carbonyl (C=O) groups is 1. The summed E-state index contributed by atoms with van der Waals surface area (Å²) in [4.78, 5) is 25.3. The molecule has 17 heavy (non-hydrogen) atoms. The Morgan fingerprint density at radius 2 is 2.06 bits per heavy atom. The molecule has 0 bridgehead atoms. The van der Waals surface area contributed by atoms with Crippen LogP contribution in [0.2, 0.25) is 0 Å². The van der Waals surface area contributed by atoms with Gasteiger partial charge in [-0.1, -0.05) is 0 Å². The topological polar surface area (TPSA) is 54.3 Å². The van der Waals surface area contributed by atoms with Crippen molar-refractivity contribution in [2.24, 2.45) is 0 Å². The van der Waals surface area contributed by atoms with Gasteiger partial charge in [-0.05, 0) is 22.0 Å². The quantitative estimate of drug-likeness (QED) is 0.839. The van der Waals surface area contributed by atoms with Crippen LogP contribution >= 0.6 is 15.9 Å². The van der Waals surface area contributed by atoms with E-state index in [1.54, 1.807) is 17.2 Å². The molecule has 0 unspecified atom stereocenters. The van der Waals surface area contributed by atoms with E-state index in [9.17, 15) is 9.59 Å². The first kappa shape index (κ1) is 12.3. The lowest BCUT2D eigenvalue weighted by Crippen LogP contribution is -2.48. The number of carbonyl (C=O) groups excluding carboxylic acids is 1. The lowest BCUT2D eigenvalue weighted by Gasteiger charge is -2.27. The van der Waals surface area contributed by atoms with E-state index in [1.807, 2.05) is 0 Å². The van der Waals surface area contributed by atoms with Gasteiger partial charge in [0.2, 0.25) is 5.91 Å². The summed E-state index contributed by atoms with van der Waals surface area (Å²) in [6.07, 6.45) is 1.64. The second kappa shape index (κ2) is 5.46. The Bertz CT molecular complexity index is 466. The molecule has 1 aromatic rings. The lowest BCUT2D eigenvalue weighted by molar-refractivity contribution is -0.132. The van der Waals surface area contributed by atoms with Crippen molar-refractivity contribution in [1.29, 1.82) is 0 Å². The lowest BCUT2D eigenvalue weighted by atomic mass is 10.3. The second-order valence-corrected chi connectivity index (χ2v) is 4.86. The van der Waals surface area contributed by atoms with Gasteiger partial charge in [0.1, 0.15) is 6.54 Å². The SMILES string of the molecule is O=C(Cn1cc(Br)ccc1=O)N1CCNCC1. The maximum atomic E-state index is 12.0. The number of nitrogens with one attached hydrogen (secondary N) is 1. The largest absolute Gasteiger partial charge is 0.339 e. The Balaban J connectivity index is 2.07. The van der Waals surface area contributed by atoms with Crippen molar-refractivity contribution in [3.8, 4) is 0 Å². The average molecular weight is 300 g/mol. The molecule has 5 nitrogen and oxygen atoms in total. The summed E-state index contributed by atoms with van der Waals surface area (Å²) in [5.74, 6) is -0.00769. The number of rotatable bonds is 2. The zero-order valence-corrected chi connectivity index (χ0v) is 10.9. The minimum absolute atomic E-state index is 0.00769. The van der Waals surface area contributed by atoms with E-state index >= 15 is 0 Å². The summed E-state index contributed by atoms with van der Waals surface area (Å²) in [6, 6.07) is 3.13. The Hall–Kier alpha value is -1.14. The van der Waals surface area contributed by atoms with Crippen LogP contribution in [-0.2, 0) is 11.3 Å². The van der Waals surface area contributed by atoms with Crippen molar-refractivity contribution in [1.82, 2.24) is 14.8 Å². The van der Waals surface area contributed by atoms with Crippen molar-refractivity contribution >= 4 is 21.8 Å². The fourth-order valence-electron chi connectivity index (χ4n) is 1.79. The zero-order valence-electron chi connectivity index (χ0n) is 9.36. The third-order valence-corrected chi connectivity index (χ3v) is 3.19. The van der Waals surface area contributed by atoms with Gasteiger partial charge in [-0.2, -0.15) is 0 Å². The standard InChI is InChI=1S/C11H14BrN3O2/c12-9-1-2-10(16)15(7-9)8-11(17)14-5-3-13-4-6-14/h1-2,7,13H,3-6,8H2. The van der Waals surface area contributed by atoms with E-state index in [1.165, 1.54) is 10.6 Å². The maximum absolute atomic E-state index is 12.0. The number of hydrogen-bond acceptors (Lipinski definition) is 3. The number of hydrogen-bond donors (Lipinski definition) is 1. The minimum atomic E-state index is -0.156. The normalized spacial score (nSPS) is 15.9. The fraction of sp³-hybridized carbons (Fsp3) is 0.455. The fourth-order valence-corrected chi connectivity index (χ4v) is 2.17. The molecule has 1 aromatic heterocycles. The van der Waals surface area contributed by atoms with Crippen LogP contribution in [0.25, 0.3) is 0 Å². The van der Waals surface area contributed by atoms with Crippen molar-refractivity contribution in [2.75, 3.05) is 26.2 Å². The van der Waals surface area contributed by atoms with E-state index in [4.69, 9.17) is 0 Å². The summed E-state index contributed by atoms with van der Waals surface area (Å²) in [6.45, 7) is 3.17. The highest BCUT2D eigenvalue weighted by atomic mass is 79.9. The van der Waals surface area contributed by atoms with Gasteiger partial charge in [0, 0.05) is 42.9 Å². The molecule has 1 aliphatic rings. The molecular weight excluding hydrogens is 286 g/mol. The molecule has 0 spiro atoms. The van der Waals surface area contributed by atoms with E-state index in [0.717, 1.165) is 17.6 Å². The van der Waals surface area contributed by atoms with Gasteiger partial charge in [0.05, 0.1) is 0 Å². The molecule has 2 heterocycles. The highest BCUT2D eigenvalue weighted by Crippen LogP contribution is 2.05. The number of piperazine rings is 1. The predicted molar refractivity (Wildman–Crippen MR) is 67.9 cm³/mol. The number of amides is 1. The third kappa shape index (κ3) is 3.17. The molecule has 1 aliphatic heterocycles. The molecule has 0 aromatic carbocycles. The van der Waals surface area contributed by atoms with Crippen molar-refractivity contribution in [3.05, 3.63) is 33.2 Å². The zero-order chi connectivity index (χ0) is 12.3. The Morgan fingerprint density at radius 3 is 2.76 bits per heavy atom. The van der Waals surface area contributed by atoms with Gasteiger partial charge in [-0.3, -0.25) is 9.59 Å². The molecular formula is C11H14BrN3O2. The summed E-state index contributed by atoms with van der Waals surface area (Å²) < 4.78 is 2.22. The molecule has 92 valence electrons. The predicted octanol–water partition coefficient (Wildman–Crippen LogP) is 0.0426. The van der Waals surface area contributed by atoms with Crippen LogP contribution in [0.5, 0.6) is 0 Å². The molecule has 0 atom stereocenters. The molecule has 1 amide bonds. The van der Waals surface area contributed by atoms with Gasteiger partial charge in [0.15, 0.2) is 0 Å². The van der Waals surface area contributed by atoms with Crippen LogP contribution in [0.3, 0.4) is 0 Å². The Kier molecular flexibility index (Phi) is 3.96. The second-order valence-electron chi connectivity index (χ2n) is 3.94. The smallest absolute Gasteiger partial charge is 0.251 e. The average Bonchev–Trinajstić information content (AvgIpc) is 2.35. The van der Waals surface area contributed by atoms with E-state index in [2.05, 4.69) is 21.2 Å².